The lowest BCUT2D eigenvalue weighted by molar-refractivity contribution is -0.139. The first-order valence-corrected chi connectivity index (χ1v) is 6.00. The second-order valence-electron chi connectivity index (χ2n) is 3.76. The van der Waals surface area contributed by atoms with Gasteiger partial charge in [-0.05, 0) is 18.6 Å². The Morgan fingerprint density at radius 3 is 3.00 bits per heavy atom. The summed E-state index contributed by atoms with van der Waals surface area (Å²) in [5.74, 6) is 0.696. The van der Waals surface area contributed by atoms with Crippen LogP contribution < -0.4 is 5.32 Å². The molecule has 4 nitrogen and oxygen atoms in total. The molecule has 0 spiro atoms. The maximum Gasteiger partial charge on any atom is 0.320 e. The summed E-state index contributed by atoms with van der Waals surface area (Å²) >= 11 is 1.83. The van der Waals surface area contributed by atoms with Crippen LogP contribution in [0.4, 0.5) is 0 Å². The summed E-state index contributed by atoms with van der Waals surface area (Å²) in [6.07, 6.45) is 1.78. The van der Waals surface area contributed by atoms with Gasteiger partial charge in [0.15, 0.2) is 0 Å². The Labute approximate surface area is 87.4 Å². The van der Waals surface area contributed by atoms with Crippen molar-refractivity contribution >= 4 is 17.7 Å². The van der Waals surface area contributed by atoms with Crippen molar-refractivity contribution in [2.24, 2.45) is 5.92 Å². The van der Waals surface area contributed by atoms with Crippen LogP contribution in [0.5, 0.6) is 0 Å². The summed E-state index contributed by atoms with van der Waals surface area (Å²) in [4.78, 5) is 10.8. The molecule has 2 aliphatic heterocycles. The number of hydrogen-bond acceptors (Lipinski definition) is 4. The molecule has 5 heteroatoms. The lowest BCUT2D eigenvalue weighted by atomic mass is 10.1. The molecule has 0 amide bonds. The Morgan fingerprint density at radius 1 is 1.50 bits per heavy atom. The summed E-state index contributed by atoms with van der Waals surface area (Å²) in [6.45, 7) is 1.60. The van der Waals surface area contributed by atoms with E-state index in [1.807, 2.05) is 11.8 Å². The molecule has 0 aliphatic carbocycles. The Bertz CT molecular complexity index is 218. The van der Waals surface area contributed by atoms with Crippen LogP contribution in [0, 0.1) is 5.92 Å². The molecular weight excluding hydrogens is 202 g/mol. The van der Waals surface area contributed by atoms with Crippen molar-refractivity contribution in [2.75, 3.05) is 19.0 Å². The van der Waals surface area contributed by atoms with Gasteiger partial charge >= 0.3 is 5.97 Å². The fourth-order valence-electron chi connectivity index (χ4n) is 1.90. The SMILES string of the molecule is O=C(O)C1CCSC(C2CCOC2)N1. The molecule has 2 fully saturated rings. The second-order valence-corrected chi connectivity index (χ2v) is 5.01. The van der Waals surface area contributed by atoms with Crippen molar-refractivity contribution in [1.82, 2.24) is 5.32 Å². The molecule has 0 aromatic carbocycles. The van der Waals surface area contributed by atoms with Gasteiger partial charge in [0.05, 0.1) is 12.0 Å². The number of rotatable bonds is 2. The molecule has 2 N–H and O–H groups in total. The topological polar surface area (TPSA) is 58.6 Å². The predicted octanol–water partition coefficient (Wildman–Crippen LogP) is 0.529. The van der Waals surface area contributed by atoms with Crippen LogP contribution in [0.2, 0.25) is 0 Å². The Hall–Kier alpha value is -0.260. The zero-order valence-electron chi connectivity index (χ0n) is 7.94. The van der Waals surface area contributed by atoms with Gasteiger partial charge in [0, 0.05) is 12.5 Å². The molecular formula is C9H15NO3S. The Balaban J connectivity index is 1.89. The molecule has 2 saturated heterocycles. The van der Waals surface area contributed by atoms with Crippen molar-refractivity contribution in [2.45, 2.75) is 24.3 Å². The smallest absolute Gasteiger partial charge is 0.320 e. The molecule has 0 bridgehead atoms. The molecule has 2 heterocycles. The minimum atomic E-state index is -0.728. The van der Waals surface area contributed by atoms with E-state index in [9.17, 15) is 4.79 Å². The van der Waals surface area contributed by atoms with Gasteiger partial charge in [-0.2, -0.15) is 0 Å². The zero-order valence-corrected chi connectivity index (χ0v) is 8.76. The molecule has 0 aromatic rings. The molecule has 0 radical (unpaired) electrons. The fourth-order valence-corrected chi connectivity index (χ4v) is 3.27. The highest BCUT2D eigenvalue weighted by molar-refractivity contribution is 7.99. The lowest BCUT2D eigenvalue weighted by Gasteiger charge is -2.31. The predicted molar refractivity (Wildman–Crippen MR) is 54.3 cm³/mol. The first-order chi connectivity index (χ1) is 6.77. The fraction of sp³-hybridized carbons (Fsp3) is 0.889. The summed E-state index contributed by atoms with van der Waals surface area (Å²) in [7, 11) is 0. The van der Waals surface area contributed by atoms with Gasteiger partial charge in [-0.25, -0.2) is 0 Å². The van der Waals surface area contributed by atoms with E-state index in [4.69, 9.17) is 9.84 Å². The molecule has 14 heavy (non-hydrogen) atoms. The standard InChI is InChI=1S/C9H15NO3S/c11-9(12)7-2-4-14-8(10-7)6-1-3-13-5-6/h6-8,10H,1-5H2,(H,11,12). The Morgan fingerprint density at radius 2 is 2.36 bits per heavy atom. The molecule has 3 unspecified atom stereocenters. The quantitative estimate of drug-likeness (QED) is 0.706. The lowest BCUT2D eigenvalue weighted by Crippen LogP contribution is -2.48. The van der Waals surface area contributed by atoms with Crippen molar-refractivity contribution in [3.63, 3.8) is 0 Å². The highest BCUT2D eigenvalue weighted by Gasteiger charge is 2.33. The highest BCUT2D eigenvalue weighted by Crippen LogP contribution is 2.29. The summed E-state index contributed by atoms with van der Waals surface area (Å²) in [5, 5.41) is 12.3. The van der Waals surface area contributed by atoms with Crippen LogP contribution in [-0.2, 0) is 9.53 Å². The maximum atomic E-state index is 10.8. The van der Waals surface area contributed by atoms with E-state index >= 15 is 0 Å². The van der Waals surface area contributed by atoms with Crippen LogP contribution in [0.15, 0.2) is 0 Å². The van der Waals surface area contributed by atoms with Crippen LogP contribution in [0.3, 0.4) is 0 Å². The van der Waals surface area contributed by atoms with Crippen molar-refractivity contribution in [3.05, 3.63) is 0 Å². The Kier molecular flexibility index (Phi) is 3.30. The molecule has 0 aromatic heterocycles. The first kappa shape index (κ1) is 10.3. The van der Waals surface area contributed by atoms with E-state index < -0.39 is 5.97 Å². The third kappa shape index (κ3) is 2.21. The van der Waals surface area contributed by atoms with E-state index in [0.29, 0.717) is 5.92 Å². The number of nitrogens with one attached hydrogen (secondary N) is 1. The maximum absolute atomic E-state index is 10.8. The number of carboxylic acid groups (broad SMARTS) is 1. The third-order valence-corrected chi connectivity index (χ3v) is 4.11. The van der Waals surface area contributed by atoms with Gasteiger partial charge in [0.25, 0.3) is 0 Å². The largest absolute Gasteiger partial charge is 0.480 e. The normalized spacial score (nSPS) is 38.4. The average molecular weight is 217 g/mol. The molecule has 2 rings (SSSR count). The van der Waals surface area contributed by atoms with E-state index in [-0.39, 0.29) is 11.4 Å². The second kappa shape index (κ2) is 4.51. The van der Waals surface area contributed by atoms with Crippen molar-refractivity contribution in [3.8, 4) is 0 Å². The minimum absolute atomic E-state index is 0.271. The van der Waals surface area contributed by atoms with E-state index in [1.165, 1.54) is 0 Å². The summed E-state index contributed by atoms with van der Waals surface area (Å²) in [5.41, 5.74) is 0. The molecule has 80 valence electrons. The minimum Gasteiger partial charge on any atom is -0.480 e. The van der Waals surface area contributed by atoms with Crippen LogP contribution >= 0.6 is 11.8 Å². The average Bonchev–Trinajstić information content (AvgIpc) is 2.71. The first-order valence-electron chi connectivity index (χ1n) is 4.95. The van der Waals surface area contributed by atoms with Gasteiger partial charge in [0.1, 0.15) is 6.04 Å². The van der Waals surface area contributed by atoms with E-state index in [0.717, 1.165) is 31.8 Å². The number of carboxylic acids is 1. The van der Waals surface area contributed by atoms with Gasteiger partial charge in [-0.1, -0.05) is 0 Å². The van der Waals surface area contributed by atoms with Crippen molar-refractivity contribution in [1.29, 1.82) is 0 Å². The highest BCUT2D eigenvalue weighted by atomic mass is 32.2. The van der Waals surface area contributed by atoms with Gasteiger partial charge < -0.3 is 9.84 Å². The van der Waals surface area contributed by atoms with E-state index in [1.54, 1.807) is 0 Å². The van der Waals surface area contributed by atoms with Gasteiger partial charge in [-0.15, -0.1) is 11.8 Å². The molecule has 3 atom stereocenters. The van der Waals surface area contributed by atoms with E-state index in [2.05, 4.69) is 5.32 Å². The van der Waals surface area contributed by atoms with Crippen LogP contribution in [-0.4, -0.2) is 41.5 Å². The number of hydrogen-bond donors (Lipinski definition) is 2. The number of carbonyl (C=O) groups is 1. The number of thioether (sulfide) groups is 1. The van der Waals surface area contributed by atoms with Crippen LogP contribution in [0.1, 0.15) is 12.8 Å². The third-order valence-electron chi connectivity index (χ3n) is 2.76. The van der Waals surface area contributed by atoms with Crippen LogP contribution in [0.25, 0.3) is 0 Å². The van der Waals surface area contributed by atoms with Gasteiger partial charge in [0.2, 0.25) is 0 Å². The number of aliphatic carboxylic acids is 1. The monoisotopic (exact) mass is 217 g/mol. The molecule has 0 saturated carbocycles. The van der Waals surface area contributed by atoms with Gasteiger partial charge in [-0.3, -0.25) is 10.1 Å². The summed E-state index contributed by atoms with van der Waals surface area (Å²) < 4.78 is 5.31. The van der Waals surface area contributed by atoms with Crippen molar-refractivity contribution < 1.29 is 14.6 Å². The molecule has 2 aliphatic rings. The summed E-state index contributed by atoms with van der Waals surface area (Å²) in [6, 6.07) is -0.359. The number of ether oxygens (including phenoxy) is 1. The zero-order chi connectivity index (χ0) is 9.97.